The van der Waals surface area contributed by atoms with E-state index in [0.717, 1.165) is 57.8 Å². The molecular weight excluding hydrogens is 712 g/mol. The van der Waals surface area contributed by atoms with Gasteiger partial charge in [0.25, 0.3) is 0 Å². The number of aliphatic hydroxyl groups excluding tert-OH is 4. The molecule has 0 radical (unpaired) electrons. The Bertz CT molecular complexity index is 1040. The maximum atomic E-state index is 13.6. The highest BCUT2D eigenvalue weighted by molar-refractivity contribution is 6.16. The molecule has 10 heteroatoms. The third-order valence-corrected chi connectivity index (χ3v) is 11.2. The molecule has 0 aromatic carbocycles. The largest absolute Gasteiger partial charge is 0.394 e. The van der Waals surface area contributed by atoms with Crippen molar-refractivity contribution in [2.24, 2.45) is 0 Å². The van der Waals surface area contributed by atoms with Crippen LogP contribution in [0.3, 0.4) is 0 Å². The molecule has 0 saturated heterocycles. The van der Waals surface area contributed by atoms with Gasteiger partial charge in [-0.1, -0.05) is 167 Å². The van der Waals surface area contributed by atoms with Crippen molar-refractivity contribution in [3.05, 3.63) is 12.2 Å². The summed E-state index contributed by atoms with van der Waals surface area (Å²) in [5, 5.41) is 62.0. The number of hydrogen-bond donors (Lipinski definition) is 6. The van der Waals surface area contributed by atoms with Gasteiger partial charge in [-0.25, -0.2) is 0 Å². The van der Waals surface area contributed by atoms with E-state index in [1.165, 1.54) is 96.3 Å². The molecule has 4 unspecified atom stereocenters. The van der Waals surface area contributed by atoms with E-state index in [0.29, 0.717) is 19.3 Å². The van der Waals surface area contributed by atoms with Gasteiger partial charge in [-0.05, 0) is 38.5 Å². The maximum Gasteiger partial charge on any atom is 0.219 e. The summed E-state index contributed by atoms with van der Waals surface area (Å²) in [6.07, 6.45) is 28.6. The summed E-state index contributed by atoms with van der Waals surface area (Å²) in [4.78, 5) is 52.9. The highest BCUT2D eigenvalue weighted by Gasteiger charge is 2.62. The molecule has 0 aromatic rings. The van der Waals surface area contributed by atoms with Crippen LogP contribution in [-0.4, -0.2) is 90.4 Å². The first-order valence-corrected chi connectivity index (χ1v) is 22.8. The Kier molecular flexibility index (Phi) is 34.0. The van der Waals surface area contributed by atoms with Crippen molar-refractivity contribution in [3.8, 4) is 0 Å². The van der Waals surface area contributed by atoms with Crippen LogP contribution in [0.15, 0.2) is 12.2 Å². The number of allylic oxidation sites excluding steroid dienone is 2. The van der Waals surface area contributed by atoms with Crippen LogP contribution in [0.4, 0.5) is 0 Å². The topological polar surface area (TPSA) is 190 Å². The van der Waals surface area contributed by atoms with Gasteiger partial charge in [0.2, 0.25) is 5.60 Å². The highest BCUT2D eigenvalue weighted by Crippen LogP contribution is 2.32. The molecule has 4 atom stereocenters. The summed E-state index contributed by atoms with van der Waals surface area (Å²) in [7, 11) is 0. The second-order valence-electron chi connectivity index (χ2n) is 16.2. The van der Waals surface area contributed by atoms with Crippen LogP contribution in [0.2, 0.25) is 0 Å². The first-order valence-electron chi connectivity index (χ1n) is 22.8. The molecule has 0 aliphatic rings. The molecule has 6 N–H and O–H groups in total. The third kappa shape index (κ3) is 22.9. The lowest BCUT2D eigenvalue weighted by Gasteiger charge is -2.39. The fourth-order valence-corrected chi connectivity index (χ4v) is 7.30. The predicted octanol–water partition coefficient (Wildman–Crippen LogP) is 8.51. The molecule has 0 amide bonds. The molecule has 0 saturated carbocycles. The molecule has 0 rings (SSSR count). The van der Waals surface area contributed by atoms with Crippen LogP contribution in [0.5, 0.6) is 0 Å². The van der Waals surface area contributed by atoms with Crippen molar-refractivity contribution in [1.29, 1.82) is 0 Å². The lowest BCUT2D eigenvalue weighted by molar-refractivity contribution is -0.194. The van der Waals surface area contributed by atoms with Gasteiger partial charge < -0.3 is 30.6 Å². The van der Waals surface area contributed by atoms with E-state index in [4.69, 9.17) is 5.11 Å². The maximum absolute atomic E-state index is 13.6. The highest BCUT2D eigenvalue weighted by atomic mass is 16.4. The zero-order valence-electron chi connectivity index (χ0n) is 35.7. The van der Waals surface area contributed by atoms with Gasteiger partial charge >= 0.3 is 0 Å². The van der Waals surface area contributed by atoms with Crippen LogP contribution in [0.25, 0.3) is 0 Å². The second kappa shape index (κ2) is 35.2. The smallest absolute Gasteiger partial charge is 0.219 e. The average molecular weight is 797 g/mol. The summed E-state index contributed by atoms with van der Waals surface area (Å²) in [5.74, 6) is -4.48. The minimum Gasteiger partial charge on any atom is -0.394 e. The van der Waals surface area contributed by atoms with Crippen molar-refractivity contribution in [3.63, 3.8) is 0 Å². The number of rotatable bonds is 42. The summed E-state index contributed by atoms with van der Waals surface area (Å²) >= 11 is 0. The van der Waals surface area contributed by atoms with E-state index in [2.05, 4.69) is 26.0 Å². The van der Waals surface area contributed by atoms with Crippen LogP contribution in [0.1, 0.15) is 219 Å². The Hall–Kier alpha value is -1.82. The quantitative estimate of drug-likeness (QED) is 0.0198. The Morgan fingerprint density at radius 1 is 0.464 bits per heavy atom. The van der Waals surface area contributed by atoms with E-state index in [-0.39, 0.29) is 19.3 Å². The number of hydrogen-bond acceptors (Lipinski definition) is 10. The van der Waals surface area contributed by atoms with Gasteiger partial charge in [0, 0.05) is 25.7 Å². The normalized spacial score (nSPS) is 15.1. The number of Topliss-reactive ketones (excluding diaryl/α,β-unsaturated/α-hetero) is 4. The van der Waals surface area contributed by atoms with Crippen LogP contribution in [0, 0.1) is 0 Å². The molecular formula is C46H84O10. The van der Waals surface area contributed by atoms with Gasteiger partial charge in [-0.15, -0.1) is 0 Å². The first kappa shape index (κ1) is 54.2. The molecule has 10 nitrogen and oxygen atoms in total. The fourth-order valence-electron chi connectivity index (χ4n) is 7.30. The molecule has 56 heavy (non-hydrogen) atoms. The second-order valence-corrected chi connectivity index (χ2v) is 16.2. The zero-order valence-corrected chi connectivity index (χ0v) is 35.7. The predicted molar refractivity (Wildman–Crippen MR) is 224 cm³/mol. The van der Waals surface area contributed by atoms with Gasteiger partial charge in [-0.2, -0.15) is 0 Å². The van der Waals surface area contributed by atoms with Crippen molar-refractivity contribution >= 4 is 23.1 Å². The summed E-state index contributed by atoms with van der Waals surface area (Å²) in [6.45, 7) is 2.17. The number of carbonyl (C=O) groups excluding carboxylic acids is 4. The molecule has 0 fully saturated rings. The summed E-state index contributed by atoms with van der Waals surface area (Å²) in [6, 6.07) is 0. The standard InChI is InChI=1S/C46H84O10/c1-3-5-7-9-11-13-15-17-19-21-23-25-27-29-31-33-41(51)45(55,38-48)46(56,43(53)36-35-39(49)44(54)40(50)37-47)42(52)34-32-30-28-26-24-22-20-18-16-14-12-10-8-6-4-2/h18,20,40,44,47-48,50,54-56H,3-17,19,21-38H2,1-2H3/b20-18+. The van der Waals surface area contributed by atoms with Crippen molar-refractivity contribution in [2.75, 3.05) is 13.2 Å². The van der Waals surface area contributed by atoms with Gasteiger partial charge in [-0.3, -0.25) is 19.2 Å². The first-order chi connectivity index (χ1) is 27.0. The van der Waals surface area contributed by atoms with E-state index in [9.17, 15) is 44.7 Å². The number of carbonyl (C=O) groups is 4. The minimum absolute atomic E-state index is 0.258. The number of unbranched alkanes of at least 4 members (excludes halogenated alkanes) is 25. The van der Waals surface area contributed by atoms with Crippen LogP contribution >= 0.6 is 0 Å². The van der Waals surface area contributed by atoms with Crippen molar-refractivity contribution in [2.45, 2.75) is 243 Å². The fraction of sp³-hybridized carbons (Fsp3) is 0.870. The zero-order chi connectivity index (χ0) is 41.9. The SMILES string of the molecule is CCCCCCCC/C=C/CCCCCCCC(=O)C(O)(C(=O)CCC(=O)C(O)C(O)CO)C(O)(CO)C(=O)CCCCCCCCCCCCCCCCC. The van der Waals surface area contributed by atoms with E-state index < -0.39 is 72.6 Å². The van der Waals surface area contributed by atoms with E-state index >= 15 is 0 Å². The summed E-state index contributed by atoms with van der Waals surface area (Å²) < 4.78 is 0. The van der Waals surface area contributed by atoms with E-state index in [1.807, 2.05) is 0 Å². The molecule has 0 aliphatic heterocycles. The Morgan fingerprint density at radius 3 is 1.18 bits per heavy atom. The van der Waals surface area contributed by atoms with Crippen LogP contribution in [-0.2, 0) is 19.2 Å². The van der Waals surface area contributed by atoms with Gasteiger partial charge in [0.05, 0.1) is 13.2 Å². The monoisotopic (exact) mass is 797 g/mol. The Balaban J connectivity index is 5.04. The molecule has 0 spiro atoms. The third-order valence-electron chi connectivity index (χ3n) is 11.2. The van der Waals surface area contributed by atoms with E-state index in [1.54, 1.807) is 0 Å². The Labute approximate surface area is 340 Å². The molecule has 0 aromatic heterocycles. The van der Waals surface area contributed by atoms with Crippen molar-refractivity contribution < 1.29 is 49.8 Å². The number of aliphatic hydroxyl groups is 6. The lowest BCUT2D eigenvalue weighted by atomic mass is 9.71. The Morgan fingerprint density at radius 2 is 0.804 bits per heavy atom. The van der Waals surface area contributed by atoms with Gasteiger partial charge in [0.1, 0.15) is 12.2 Å². The van der Waals surface area contributed by atoms with Crippen LogP contribution < -0.4 is 0 Å². The average Bonchev–Trinajstić information content (AvgIpc) is 3.20. The molecule has 0 bridgehead atoms. The molecule has 0 aliphatic carbocycles. The van der Waals surface area contributed by atoms with Crippen molar-refractivity contribution in [1.82, 2.24) is 0 Å². The lowest BCUT2D eigenvalue weighted by Crippen LogP contribution is -2.69. The van der Waals surface area contributed by atoms with Gasteiger partial charge in [0.15, 0.2) is 28.7 Å². The molecule has 328 valence electrons. The number of ketones is 4. The molecule has 0 heterocycles. The summed E-state index contributed by atoms with van der Waals surface area (Å²) in [5.41, 5.74) is -6.40. The minimum atomic E-state index is -3.30.